The van der Waals surface area contributed by atoms with E-state index in [1.807, 2.05) is 19.1 Å². The predicted molar refractivity (Wildman–Crippen MR) is 121 cm³/mol. The molecule has 0 saturated carbocycles. The molecule has 32 heavy (non-hydrogen) atoms. The summed E-state index contributed by atoms with van der Waals surface area (Å²) in [6, 6.07) is 17.9. The minimum absolute atomic E-state index is 0.0708. The number of aryl methyl sites for hydroxylation is 1. The maximum absolute atomic E-state index is 12.5. The molecule has 0 fully saturated rings. The van der Waals surface area contributed by atoms with E-state index >= 15 is 0 Å². The highest BCUT2D eigenvalue weighted by molar-refractivity contribution is 7.87. The maximum Gasteiger partial charge on any atom is 0.339 e. The lowest BCUT2D eigenvalue weighted by molar-refractivity contribution is 0.0990. The van der Waals surface area contributed by atoms with E-state index in [2.05, 4.69) is 5.32 Å². The largest absolute Gasteiger partial charge is 0.497 e. The molecule has 168 valence electrons. The Morgan fingerprint density at radius 1 is 0.875 bits per heavy atom. The van der Waals surface area contributed by atoms with Gasteiger partial charge in [-0.3, -0.25) is 4.79 Å². The summed E-state index contributed by atoms with van der Waals surface area (Å²) in [5.41, 5.74) is 2.29. The zero-order valence-electron chi connectivity index (χ0n) is 18.1. The van der Waals surface area contributed by atoms with Crippen LogP contribution in [0.5, 0.6) is 17.2 Å². The van der Waals surface area contributed by atoms with Crippen molar-refractivity contribution in [1.29, 1.82) is 0 Å². The van der Waals surface area contributed by atoms with Gasteiger partial charge in [0.05, 0.1) is 20.8 Å². The Hall–Kier alpha value is -3.36. The molecule has 0 aliphatic heterocycles. The Bertz CT molecular complexity index is 1170. The minimum Gasteiger partial charge on any atom is -0.497 e. The summed E-state index contributed by atoms with van der Waals surface area (Å²) in [6.45, 7) is 2.42. The summed E-state index contributed by atoms with van der Waals surface area (Å²) in [5, 5.41) is 3.09. The Morgan fingerprint density at radius 2 is 1.53 bits per heavy atom. The fraction of sp³-hybridized carbons (Fsp3) is 0.208. The molecule has 0 aliphatic rings. The molecule has 0 aromatic heterocycles. The van der Waals surface area contributed by atoms with Crippen LogP contribution >= 0.6 is 0 Å². The highest BCUT2D eigenvalue weighted by Crippen LogP contribution is 2.24. The molecule has 7 nitrogen and oxygen atoms in total. The summed E-state index contributed by atoms with van der Waals surface area (Å²) >= 11 is 0. The summed E-state index contributed by atoms with van der Waals surface area (Å²) in [4.78, 5) is 12.5. The summed E-state index contributed by atoms with van der Waals surface area (Å²) < 4.78 is 40.5. The molecule has 0 radical (unpaired) electrons. The van der Waals surface area contributed by atoms with E-state index in [-0.39, 0.29) is 23.0 Å². The van der Waals surface area contributed by atoms with Gasteiger partial charge in [0.15, 0.2) is 5.78 Å². The Balaban J connectivity index is 1.58. The quantitative estimate of drug-likeness (QED) is 0.368. The van der Waals surface area contributed by atoms with E-state index in [9.17, 15) is 13.2 Å². The molecule has 0 aliphatic carbocycles. The fourth-order valence-electron chi connectivity index (χ4n) is 2.99. The number of Topliss-reactive ketones (excluding diaryl/α,β-unsaturated/α-hetero) is 1. The van der Waals surface area contributed by atoms with Crippen LogP contribution in [0.15, 0.2) is 71.6 Å². The maximum atomic E-state index is 12.5. The van der Waals surface area contributed by atoms with Crippen molar-refractivity contribution in [1.82, 2.24) is 5.32 Å². The van der Waals surface area contributed by atoms with Crippen LogP contribution in [0.1, 0.15) is 21.5 Å². The average molecular weight is 456 g/mol. The second kappa shape index (κ2) is 10.3. The topological polar surface area (TPSA) is 90.9 Å². The normalized spacial score (nSPS) is 11.1. The molecule has 1 N–H and O–H groups in total. The monoisotopic (exact) mass is 455 g/mol. The van der Waals surface area contributed by atoms with Gasteiger partial charge in [-0.1, -0.05) is 23.8 Å². The first-order valence-corrected chi connectivity index (χ1v) is 11.3. The third kappa shape index (κ3) is 5.87. The first-order chi connectivity index (χ1) is 15.3. The third-order valence-electron chi connectivity index (χ3n) is 4.79. The van der Waals surface area contributed by atoms with Crippen LogP contribution < -0.4 is 19.0 Å². The second-order valence-electron chi connectivity index (χ2n) is 7.08. The van der Waals surface area contributed by atoms with Crippen molar-refractivity contribution < 1.29 is 26.9 Å². The van der Waals surface area contributed by atoms with Crippen molar-refractivity contribution in [3.8, 4) is 17.2 Å². The number of ketones is 1. The van der Waals surface area contributed by atoms with Crippen molar-refractivity contribution >= 4 is 15.9 Å². The van der Waals surface area contributed by atoms with Crippen LogP contribution in [0.25, 0.3) is 0 Å². The van der Waals surface area contributed by atoms with Crippen LogP contribution in [-0.4, -0.2) is 35.0 Å². The van der Waals surface area contributed by atoms with Crippen molar-refractivity contribution in [2.24, 2.45) is 0 Å². The van der Waals surface area contributed by atoms with Gasteiger partial charge in [-0.15, -0.1) is 0 Å². The van der Waals surface area contributed by atoms with Gasteiger partial charge in [-0.2, -0.15) is 8.42 Å². The smallest absolute Gasteiger partial charge is 0.339 e. The second-order valence-corrected chi connectivity index (χ2v) is 8.63. The average Bonchev–Trinajstić information content (AvgIpc) is 2.79. The number of ether oxygens (including phenoxy) is 2. The van der Waals surface area contributed by atoms with Gasteiger partial charge < -0.3 is 19.0 Å². The molecule has 0 unspecified atom stereocenters. The van der Waals surface area contributed by atoms with Crippen LogP contribution in [-0.2, 0) is 16.7 Å². The van der Waals surface area contributed by atoms with Gasteiger partial charge in [0.25, 0.3) is 0 Å². The van der Waals surface area contributed by atoms with E-state index in [1.165, 1.54) is 36.4 Å². The number of nitrogens with one attached hydrogen (secondary N) is 1. The number of hydrogen-bond acceptors (Lipinski definition) is 7. The van der Waals surface area contributed by atoms with Gasteiger partial charge in [-0.25, -0.2) is 0 Å². The van der Waals surface area contributed by atoms with Crippen LogP contribution in [0.3, 0.4) is 0 Å². The number of rotatable bonds is 10. The van der Waals surface area contributed by atoms with Crippen molar-refractivity contribution in [2.45, 2.75) is 18.4 Å². The van der Waals surface area contributed by atoms with Crippen molar-refractivity contribution in [3.63, 3.8) is 0 Å². The summed E-state index contributed by atoms with van der Waals surface area (Å²) in [6.07, 6.45) is 0. The van der Waals surface area contributed by atoms with E-state index < -0.39 is 10.1 Å². The number of carbonyl (C=O) groups excluding carboxylic acids is 1. The fourth-order valence-corrected chi connectivity index (χ4v) is 3.92. The lowest BCUT2D eigenvalue weighted by Crippen LogP contribution is -2.22. The minimum atomic E-state index is -3.94. The molecule has 3 aromatic carbocycles. The van der Waals surface area contributed by atoms with Crippen molar-refractivity contribution in [3.05, 3.63) is 83.4 Å². The first-order valence-electron chi connectivity index (χ1n) is 9.88. The molecular formula is C24H25NO6S. The Labute approximate surface area is 188 Å². The molecular weight excluding hydrogens is 430 g/mol. The summed E-state index contributed by atoms with van der Waals surface area (Å²) in [5.74, 6) is 1.36. The standard InChI is InChI=1S/C24H25NO6S/c1-17-4-12-22(13-5-17)32(27,28)31-20-9-6-18(7-10-20)23(26)16-25-15-19-8-11-21(29-2)14-24(19)30-3/h4-14,25H,15-16H2,1-3H3. The third-order valence-corrected chi connectivity index (χ3v) is 6.05. The Morgan fingerprint density at radius 3 is 2.16 bits per heavy atom. The molecule has 3 rings (SSSR count). The first kappa shape index (κ1) is 23.3. The SMILES string of the molecule is COc1ccc(CNCC(=O)c2ccc(OS(=O)(=O)c3ccc(C)cc3)cc2)c(OC)c1. The van der Waals surface area contributed by atoms with Gasteiger partial charge in [-0.05, 0) is 49.4 Å². The molecule has 0 heterocycles. The van der Waals surface area contributed by atoms with Crippen LogP contribution in [0, 0.1) is 6.92 Å². The molecule has 0 atom stereocenters. The van der Waals surface area contributed by atoms with Gasteiger partial charge >= 0.3 is 10.1 Å². The predicted octanol–water partition coefficient (Wildman–Crippen LogP) is 3.75. The van der Waals surface area contributed by atoms with E-state index in [0.29, 0.717) is 23.6 Å². The van der Waals surface area contributed by atoms with E-state index in [1.54, 1.807) is 32.4 Å². The molecule has 0 spiro atoms. The van der Waals surface area contributed by atoms with Gasteiger partial charge in [0.1, 0.15) is 22.1 Å². The Kier molecular flexibility index (Phi) is 7.50. The van der Waals surface area contributed by atoms with Gasteiger partial charge in [0, 0.05) is 23.7 Å². The molecule has 8 heteroatoms. The highest BCUT2D eigenvalue weighted by atomic mass is 32.2. The van der Waals surface area contributed by atoms with Crippen molar-refractivity contribution in [2.75, 3.05) is 20.8 Å². The van der Waals surface area contributed by atoms with Gasteiger partial charge in [0.2, 0.25) is 0 Å². The molecule has 0 saturated heterocycles. The molecule has 0 bridgehead atoms. The number of hydrogen-bond donors (Lipinski definition) is 1. The zero-order chi connectivity index (χ0) is 23.1. The zero-order valence-corrected chi connectivity index (χ0v) is 18.9. The van der Waals surface area contributed by atoms with E-state index in [0.717, 1.165) is 11.1 Å². The van der Waals surface area contributed by atoms with Crippen LogP contribution in [0.2, 0.25) is 0 Å². The summed E-state index contributed by atoms with van der Waals surface area (Å²) in [7, 11) is -0.779. The molecule has 3 aromatic rings. The number of carbonyl (C=O) groups is 1. The highest BCUT2D eigenvalue weighted by Gasteiger charge is 2.17. The number of methoxy groups -OCH3 is 2. The lowest BCUT2D eigenvalue weighted by atomic mass is 10.1. The molecule has 0 amide bonds. The number of benzene rings is 3. The van der Waals surface area contributed by atoms with E-state index in [4.69, 9.17) is 13.7 Å². The lowest BCUT2D eigenvalue weighted by Gasteiger charge is -2.11. The van der Waals surface area contributed by atoms with Crippen LogP contribution in [0.4, 0.5) is 0 Å².